The van der Waals surface area contributed by atoms with Gasteiger partial charge in [0.25, 0.3) is 0 Å². The molecule has 0 unspecified atom stereocenters. The lowest BCUT2D eigenvalue weighted by molar-refractivity contribution is 0.340. The Hall–Kier alpha value is -2.86. The summed E-state index contributed by atoms with van der Waals surface area (Å²) in [4.78, 5) is 0. The number of aromatic nitrogens is 4. The molecule has 2 aromatic carbocycles. The molecule has 0 saturated heterocycles. The van der Waals surface area contributed by atoms with Gasteiger partial charge >= 0.3 is 0 Å². The van der Waals surface area contributed by atoms with Crippen LogP contribution in [0.4, 0.5) is 0 Å². The Morgan fingerprint density at radius 1 is 0.923 bits per heavy atom. The van der Waals surface area contributed by atoms with Crippen molar-refractivity contribution in [2.45, 2.75) is 17.7 Å². The van der Waals surface area contributed by atoms with Crippen LogP contribution in [0.15, 0.2) is 71.8 Å². The molecule has 2 aromatic heterocycles. The van der Waals surface area contributed by atoms with Crippen LogP contribution in [-0.2, 0) is 5.75 Å². The number of fused-ring (bicyclic) bond motifs is 1. The van der Waals surface area contributed by atoms with E-state index in [4.69, 9.17) is 9.84 Å². The summed E-state index contributed by atoms with van der Waals surface area (Å²) >= 11 is 1.70. The van der Waals surface area contributed by atoms with Gasteiger partial charge in [0.2, 0.25) is 0 Å². The van der Waals surface area contributed by atoms with E-state index in [9.17, 15) is 0 Å². The summed E-state index contributed by atoms with van der Waals surface area (Å²) < 4.78 is 7.29. The lowest BCUT2D eigenvalue weighted by Crippen LogP contribution is -1.97. The van der Waals surface area contributed by atoms with E-state index in [0.717, 1.165) is 33.6 Å². The third-order valence-corrected chi connectivity index (χ3v) is 4.88. The van der Waals surface area contributed by atoms with E-state index in [-0.39, 0.29) is 0 Å². The molecule has 0 atom stereocenters. The number of ether oxygens (including phenoxy) is 1. The Morgan fingerprint density at radius 2 is 1.73 bits per heavy atom. The molecular formula is C20H18N4OS. The molecule has 4 rings (SSSR count). The highest BCUT2D eigenvalue weighted by Crippen LogP contribution is 2.24. The van der Waals surface area contributed by atoms with Crippen molar-refractivity contribution in [2.75, 3.05) is 6.61 Å². The number of hydrogen-bond donors (Lipinski definition) is 0. The van der Waals surface area contributed by atoms with Crippen LogP contribution in [0.25, 0.3) is 17.0 Å². The maximum absolute atomic E-state index is 5.50. The van der Waals surface area contributed by atoms with Crippen LogP contribution in [0.5, 0.6) is 5.75 Å². The number of rotatable bonds is 6. The normalized spacial score (nSPS) is 11.0. The largest absolute Gasteiger partial charge is 0.494 e. The standard InChI is InChI=1S/C20H18N4OS/c1-2-25-17-10-8-16(9-11-17)20-22-21-18-12-13-19(23-24(18)20)26-14-15-6-4-3-5-7-15/h3-13H,2,14H2,1H3. The predicted molar refractivity (Wildman–Crippen MR) is 103 cm³/mol. The molecule has 5 nitrogen and oxygen atoms in total. The number of hydrogen-bond acceptors (Lipinski definition) is 5. The van der Waals surface area contributed by atoms with Gasteiger partial charge in [-0.25, -0.2) is 0 Å². The summed E-state index contributed by atoms with van der Waals surface area (Å²) in [5.74, 6) is 2.45. The summed E-state index contributed by atoms with van der Waals surface area (Å²) in [6, 6.07) is 22.1. The maximum Gasteiger partial charge on any atom is 0.185 e. The molecule has 0 aliphatic heterocycles. The Bertz CT molecular complexity index is 999. The Morgan fingerprint density at radius 3 is 2.50 bits per heavy atom. The van der Waals surface area contributed by atoms with Gasteiger partial charge < -0.3 is 4.74 Å². The number of benzene rings is 2. The van der Waals surface area contributed by atoms with Gasteiger partial charge in [-0.15, -0.1) is 10.2 Å². The van der Waals surface area contributed by atoms with E-state index >= 15 is 0 Å². The first-order valence-electron chi connectivity index (χ1n) is 8.46. The van der Waals surface area contributed by atoms with Crippen molar-refractivity contribution in [3.63, 3.8) is 0 Å². The summed E-state index contributed by atoms with van der Waals surface area (Å²) in [7, 11) is 0. The van der Waals surface area contributed by atoms with Gasteiger partial charge in [0.1, 0.15) is 10.8 Å². The smallest absolute Gasteiger partial charge is 0.185 e. The van der Waals surface area contributed by atoms with Gasteiger partial charge in [0, 0.05) is 11.3 Å². The third-order valence-electron chi connectivity index (χ3n) is 3.89. The molecule has 0 aliphatic rings. The minimum Gasteiger partial charge on any atom is -0.494 e. The molecule has 0 fully saturated rings. The van der Waals surface area contributed by atoms with Gasteiger partial charge in [0.15, 0.2) is 11.5 Å². The average Bonchev–Trinajstić information content (AvgIpc) is 3.11. The van der Waals surface area contributed by atoms with Crippen molar-refractivity contribution in [1.29, 1.82) is 0 Å². The molecule has 26 heavy (non-hydrogen) atoms. The third kappa shape index (κ3) is 3.55. The van der Waals surface area contributed by atoms with Gasteiger partial charge in [-0.1, -0.05) is 42.1 Å². The van der Waals surface area contributed by atoms with Crippen LogP contribution in [0.2, 0.25) is 0 Å². The monoisotopic (exact) mass is 362 g/mol. The van der Waals surface area contributed by atoms with E-state index in [1.165, 1.54) is 5.56 Å². The second-order valence-corrected chi connectivity index (χ2v) is 6.69. The topological polar surface area (TPSA) is 52.3 Å². The summed E-state index contributed by atoms with van der Waals surface area (Å²) in [6.45, 7) is 2.62. The fourth-order valence-corrected chi connectivity index (χ4v) is 3.44. The second-order valence-electron chi connectivity index (χ2n) is 5.70. The van der Waals surface area contributed by atoms with Gasteiger partial charge in [-0.2, -0.15) is 9.61 Å². The summed E-state index contributed by atoms with van der Waals surface area (Å²) in [5.41, 5.74) is 2.96. The molecule has 2 heterocycles. The van der Waals surface area contributed by atoms with Crippen molar-refractivity contribution in [2.24, 2.45) is 0 Å². The molecule has 6 heteroatoms. The quantitative estimate of drug-likeness (QED) is 0.473. The molecule has 0 amide bonds. The van der Waals surface area contributed by atoms with Crippen LogP contribution < -0.4 is 4.74 Å². The minimum atomic E-state index is 0.650. The van der Waals surface area contributed by atoms with Crippen LogP contribution in [-0.4, -0.2) is 26.4 Å². The van der Waals surface area contributed by atoms with Crippen molar-refractivity contribution < 1.29 is 4.74 Å². The Kier molecular flexibility index (Phi) is 4.84. The minimum absolute atomic E-state index is 0.650. The first kappa shape index (κ1) is 16.6. The highest BCUT2D eigenvalue weighted by atomic mass is 32.2. The number of nitrogens with zero attached hydrogens (tertiary/aromatic N) is 4. The van der Waals surface area contributed by atoms with E-state index in [0.29, 0.717) is 6.61 Å². The van der Waals surface area contributed by atoms with Gasteiger partial charge in [-0.05, 0) is 48.9 Å². The lowest BCUT2D eigenvalue weighted by Gasteiger charge is -2.05. The summed E-state index contributed by atoms with van der Waals surface area (Å²) in [5, 5.41) is 14.2. The first-order chi connectivity index (χ1) is 12.8. The van der Waals surface area contributed by atoms with E-state index in [1.807, 2.05) is 49.4 Å². The molecule has 130 valence electrons. The van der Waals surface area contributed by atoms with Crippen LogP contribution >= 0.6 is 11.8 Å². The van der Waals surface area contributed by atoms with Crippen molar-refractivity contribution in [1.82, 2.24) is 19.8 Å². The molecular weight excluding hydrogens is 344 g/mol. The molecule has 0 aliphatic carbocycles. The van der Waals surface area contributed by atoms with Crippen molar-refractivity contribution in [3.05, 3.63) is 72.3 Å². The van der Waals surface area contributed by atoms with Gasteiger partial charge in [-0.3, -0.25) is 0 Å². The van der Waals surface area contributed by atoms with Crippen LogP contribution in [0.1, 0.15) is 12.5 Å². The van der Waals surface area contributed by atoms with Crippen molar-refractivity contribution >= 4 is 17.4 Å². The van der Waals surface area contributed by atoms with Crippen LogP contribution in [0, 0.1) is 0 Å². The SMILES string of the molecule is CCOc1ccc(-c2nnc3ccc(SCc4ccccc4)nn23)cc1. The molecule has 0 radical (unpaired) electrons. The molecule has 4 aromatic rings. The molecule has 0 spiro atoms. The Labute approximate surface area is 156 Å². The molecule has 0 N–H and O–H groups in total. The number of thioether (sulfide) groups is 1. The fourth-order valence-electron chi connectivity index (χ4n) is 2.63. The first-order valence-corrected chi connectivity index (χ1v) is 9.44. The highest BCUT2D eigenvalue weighted by molar-refractivity contribution is 7.98. The van der Waals surface area contributed by atoms with E-state index < -0.39 is 0 Å². The zero-order valence-electron chi connectivity index (χ0n) is 14.4. The fraction of sp³-hybridized carbons (Fsp3) is 0.150. The molecule has 0 saturated carbocycles. The molecule has 0 bridgehead atoms. The Balaban J connectivity index is 1.60. The zero-order chi connectivity index (χ0) is 17.8. The predicted octanol–water partition coefficient (Wildman–Crippen LogP) is 4.48. The average molecular weight is 362 g/mol. The van der Waals surface area contributed by atoms with Gasteiger partial charge in [0.05, 0.1) is 6.61 Å². The lowest BCUT2D eigenvalue weighted by atomic mass is 10.2. The second kappa shape index (κ2) is 7.58. The van der Waals surface area contributed by atoms with Crippen LogP contribution in [0.3, 0.4) is 0 Å². The van der Waals surface area contributed by atoms with E-state index in [2.05, 4.69) is 34.5 Å². The summed E-state index contributed by atoms with van der Waals surface area (Å²) in [6.07, 6.45) is 0. The zero-order valence-corrected chi connectivity index (χ0v) is 15.2. The van der Waals surface area contributed by atoms with E-state index in [1.54, 1.807) is 16.3 Å². The maximum atomic E-state index is 5.50. The highest BCUT2D eigenvalue weighted by Gasteiger charge is 2.10. The van der Waals surface area contributed by atoms with Crippen molar-refractivity contribution in [3.8, 4) is 17.1 Å².